The number of benzene rings is 1. The maximum atomic E-state index is 6.13. The zero-order valence-corrected chi connectivity index (χ0v) is 13.4. The van der Waals surface area contributed by atoms with E-state index in [1.165, 1.54) is 5.56 Å². The van der Waals surface area contributed by atoms with Gasteiger partial charge in [0.1, 0.15) is 0 Å². The van der Waals surface area contributed by atoms with E-state index >= 15 is 0 Å². The van der Waals surface area contributed by atoms with E-state index in [0.717, 1.165) is 17.9 Å². The second kappa shape index (κ2) is 5.93. The molecule has 0 N–H and O–H groups in total. The Balaban J connectivity index is 1.85. The van der Waals surface area contributed by atoms with Crippen molar-refractivity contribution in [3.05, 3.63) is 46.9 Å². The van der Waals surface area contributed by atoms with Crippen LogP contribution >= 0.6 is 11.6 Å². The molecule has 0 aliphatic carbocycles. The molecule has 1 heterocycles. The zero-order valence-electron chi connectivity index (χ0n) is 12.7. The summed E-state index contributed by atoms with van der Waals surface area (Å²) in [6, 6.07) is 7.95. The average Bonchev–Trinajstić information content (AvgIpc) is 2.55. The van der Waals surface area contributed by atoms with Crippen LogP contribution in [0.5, 0.6) is 0 Å². The summed E-state index contributed by atoms with van der Waals surface area (Å²) in [5.74, 6) is 1.99. The molecule has 1 aliphatic heterocycles. The van der Waals surface area contributed by atoms with Gasteiger partial charge in [-0.05, 0) is 52.2 Å². The van der Waals surface area contributed by atoms with Crippen LogP contribution in [-0.4, -0.2) is 18.3 Å². The molecule has 4 heteroatoms. The molecule has 0 saturated carbocycles. The molecule has 0 amide bonds. The van der Waals surface area contributed by atoms with E-state index in [0.29, 0.717) is 0 Å². The summed E-state index contributed by atoms with van der Waals surface area (Å²) in [7, 11) is -0.258. The van der Waals surface area contributed by atoms with Gasteiger partial charge >= 0.3 is 7.12 Å². The summed E-state index contributed by atoms with van der Waals surface area (Å²) in [5, 5.41) is 0.830. The quantitative estimate of drug-likeness (QED) is 0.763. The van der Waals surface area contributed by atoms with Gasteiger partial charge in [-0.15, -0.1) is 0 Å². The van der Waals surface area contributed by atoms with Crippen LogP contribution in [0.25, 0.3) is 0 Å². The minimum atomic E-state index is -0.273. The van der Waals surface area contributed by atoms with E-state index in [-0.39, 0.29) is 18.3 Å². The molecule has 0 unspecified atom stereocenters. The molecule has 0 spiro atoms. The molecular formula is C16H22BClO2. The van der Waals surface area contributed by atoms with Crippen molar-refractivity contribution in [1.82, 2.24) is 0 Å². The van der Waals surface area contributed by atoms with Crippen LogP contribution in [0.4, 0.5) is 0 Å². The second-order valence-electron chi connectivity index (χ2n) is 6.18. The van der Waals surface area contributed by atoms with Crippen LogP contribution < -0.4 is 0 Å². The van der Waals surface area contributed by atoms with Gasteiger partial charge in [0.05, 0.1) is 11.2 Å². The number of hydrogen-bond donors (Lipinski definition) is 0. The molecule has 0 aromatic heterocycles. The molecule has 1 saturated heterocycles. The van der Waals surface area contributed by atoms with Gasteiger partial charge in [0.2, 0.25) is 0 Å². The summed E-state index contributed by atoms with van der Waals surface area (Å²) in [6.07, 6.45) is 3.95. The Morgan fingerprint density at radius 2 is 1.70 bits per heavy atom. The zero-order chi connectivity index (χ0) is 14.8. The third-order valence-corrected chi connectivity index (χ3v) is 4.47. The van der Waals surface area contributed by atoms with Gasteiger partial charge in [0, 0.05) is 5.02 Å². The first-order valence-corrected chi connectivity index (χ1v) is 7.45. The van der Waals surface area contributed by atoms with Crippen molar-refractivity contribution in [3.63, 3.8) is 0 Å². The number of allylic oxidation sites excluding steroid dienone is 1. The predicted octanol–water partition coefficient (Wildman–Crippen LogP) is 4.46. The fraction of sp³-hybridized carbons (Fsp3) is 0.500. The van der Waals surface area contributed by atoms with Gasteiger partial charge in [-0.3, -0.25) is 0 Å². The highest BCUT2D eigenvalue weighted by molar-refractivity contribution is 6.51. The van der Waals surface area contributed by atoms with Gasteiger partial charge in [-0.2, -0.15) is 0 Å². The molecule has 0 atom stereocenters. The summed E-state index contributed by atoms with van der Waals surface area (Å²) in [5.41, 5.74) is 0.628. The second-order valence-corrected chi connectivity index (χ2v) is 6.59. The molecule has 1 aromatic rings. The van der Waals surface area contributed by atoms with Gasteiger partial charge in [0.15, 0.2) is 0 Å². The van der Waals surface area contributed by atoms with E-state index in [1.54, 1.807) is 0 Å². The van der Waals surface area contributed by atoms with Crippen LogP contribution in [0.3, 0.4) is 0 Å². The van der Waals surface area contributed by atoms with Crippen molar-refractivity contribution in [3.8, 4) is 0 Å². The molecule has 2 nitrogen and oxygen atoms in total. The first-order valence-electron chi connectivity index (χ1n) is 7.07. The van der Waals surface area contributed by atoms with Crippen LogP contribution in [-0.2, 0) is 15.7 Å². The fourth-order valence-corrected chi connectivity index (χ4v) is 2.34. The maximum absolute atomic E-state index is 6.13. The Hall–Kier alpha value is -0.765. The Kier molecular flexibility index (Phi) is 4.63. The molecule has 1 fully saturated rings. The first kappa shape index (κ1) is 15.6. The lowest BCUT2D eigenvalue weighted by Crippen LogP contribution is -2.41. The molecule has 0 bridgehead atoms. The van der Waals surface area contributed by atoms with Crippen molar-refractivity contribution >= 4 is 18.7 Å². The van der Waals surface area contributed by atoms with Crippen LogP contribution in [0.1, 0.15) is 39.7 Å². The van der Waals surface area contributed by atoms with Crippen molar-refractivity contribution in [2.24, 2.45) is 0 Å². The third-order valence-electron chi connectivity index (χ3n) is 4.10. The lowest BCUT2D eigenvalue weighted by molar-refractivity contribution is 0.00578. The van der Waals surface area contributed by atoms with E-state index in [1.807, 2.05) is 24.2 Å². The van der Waals surface area contributed by atoms with Crippen LogP contribution in [0, 0.1) is 0 Å². The standard InChI is InChI=1S/C16H22BClO2/c1-15(2)16(3,4)20-17(19-15)12-8-7-10-13-9-5-6-11-14(13)18/h5-6,8-9,11-12H,7,10H2,1-4H3/b12-8+. The van der Waals surface area contributed by atoms with E-state index in [2.05, 4.69) is 39.8 Å². The topological polar surface area (TPSA) is 18.5 Å². The monoisotopic (exact) mass is 292 g/mol. The molecule has 108 valence electrons. The maximum Gasteiger partial charge on any atom is 0.486 e. The summed E-state index contributed by atoms with van der Waals surface area (Å²) < 4.78 is 11.8. The van der Waals surface area contributed by atoms with Crippen LogP contribution in [0.2, 0.25) is 5.02 Å². The van der Waals surface area contributed by atoms with E-state index in [4.69, 9.17) is 20.9 Å². The lowest BCUT2D eigenvalue weighted by Gasteiger charge is -2.32. The Bertz CT molecular complexity index is 481. The smallest absolute Gasteiger partial charge is 0.400 e. The molecule has 0 radical (unpaired) electrons. The number of halogens is 1. The number of hydrogen-bond acceptors (Lipinski definition) is 2. The molecule has 1 aliphatic rings. The molecular weight excluding hydrogens is 270 g/mol. The molecule has 1 aromatic carbocycles. The van der Waals surface area contributed by atoms with E-state index < -0.39 is 0 Å². The molecule has 20 heavy (non-hydrogen) atoms. The summed E-state index contributed by atoms with van der Waals surface area (Å²) in [4.78, 5) is 0. The van der Waals surface area contributed by atoms with Crippen molar-refractivity contribution in [2.75, 3.05) is 0 Å². The summed E-state index contributed by atoms with van der Waals surface area (Å²) >= 11 is 6.13. The minimum Gasteiger partial charge on any atom is -0.400 e. The fourth-order valence-electron chi connectivity index (χ4n) is 2.11. The average molecular weight is 293 g/mol. The minimum absolute atomic E-state index is 0.258. The number of aryl methyl sites for hydroxylation is 1. The van der Waals surface area contributed by atoms with Crippen molar-refractivity contribution < 1.29 is 9.31 Å². The lowest BCUT2D eigenvalue weighted by atomic mass is 9.89. The van der Waals surface area contributed by atoms with Gasteiger partial charge in [-0.25, -0.2) is 0 Å². The Morgan fingerprint density at radius 1 is 1.10 bits per heavy atom. The molecule has 2 rings (SSSR count). The van der Waals surface area contributed by atoms with Crippen molar-refractivity contribution in [1.29, 1.82) is 0 Å². The predicted molar refractivity (Wildman–Crippen MR) is 85.0 cm³/mol. The SMILES string of the molecule is CC1(C)OB(/C=C/CCc2ccccc2Cl)OC1(C)C. The highest BCUT2D eigenvalue weighted by atomic mass is 35.5. The Morgan fingerprint density at radius 3 is 2.30 bits per heavy atom. The highest BCUT2D eigenvalue weighted by Crippen LogP contribution is 2.36. The Labute approximate surface area is 127 Å². The van der Waals surface area contributed by atoms with Gasteiger partial charge in [0.25, 0.3) is 0 Å². The van der Waals surface area contributed by atoms with Gasteiger partial charge in [-0.1, -0.05) is 41.9 Å². The van der Waals surface area contributed by atoms with Gasteiger partial charge < -0.3 is 9.31 Å². The summed E-state index contributed by atoms with van der Waals surface area (Å²) in [6.45, 7) is 8.24. The van der Waals surface area contributed by atoms with E-state index in [9.17, 15) is 0 Å². The largest absolute Gasteiger partial charge is 0.486 e. The third kappa shape index (κ3) is 3.46. The first-order chi connectivity index (χ1) is 9.32. The van der Waals surface area contributed by atoms with Crippen molar-refractivity contribution in [2.45, 2.75) is 51.7 Å². The number of rotatable bonds is 4. The van der Waals surface area contributed by atoms with Crippen LogP contribution in [0.15, 0.2) is 36.3 Å². The highest BCUT2D eigenvalue weighted by Gasteiger charge is 2.49. The normalized spacial score (nSPS) is 20.8.